The molecule has 3 rings (SSSR count). The van der Waals surface area contributed by atoms with Crippen molar-refractivity contribution >= 4 is 56.8 Å². The van der Waals surface area contributed by atoms with Crippen LogP contribution in [0.1, 0.15) is 21.5 Å². The number of likely N-dealkylation sites (N-methyl/N-ethyl adjacent to an activating group) is 1. The molecule has 1 heterocycles. The second kappa shape index (κ2) is 9.74. The maximum Gasteiger partial charge on any atom is 0.261 e. The van der Waals surface area contributed by atoms with Crippen LogP contribution in [0.2, 0.25) is 0 Å². The average Bonchev–Trinajstić information content (AvgIpc) is 3.05. The van der Waals surface area contributed by atoms with Crippen molar-refractivity contribution in [2.75, 3.05) is 38.3 Å². The van der Waals surface area contributed by atoms with Gasteiger partial charge in [0.15, 0.2) is 5.13 Å². The summed E-state index contributed by atoms with van der Waals surface area (Å²) in [6.45, 7) is 5.56. The van der Waals surface area contributed by atoms with Gasteiger partial charge in [0.2, 0.25) is 0 Å². The molecule has 0 aliphatic rings. The number of aromatic nitrogens is 1. The molecule has 0 spiro atoms. The van der Waals surface area contributed by atoms with Crippen LogP contribution in [0, 0.1) is 13.8 Å². The van der Waals surface area contributed by atoms with Gasteiger partial charge in [-0.1, -0.05) is 29.5 Å². The Balaban J connectivity index is 0.00000280. The molecule has 150 valence electrons. The van der Waals surface area contributed by atoms with Crippen LogP contribution in [-0.4, -0.2) is 49.2 Å². The van der Waals surface area contributed by atoms with Crippen molar-refractivity contribution in [2.24, 2.45) is 0 Å². The number of rotatable bonds is 6. The second-order valence-corrected chi connectivity index (χ2v) is 8.71. The van der Waals surface area contributed by atoms with Gasteiger partial charge in [0.05, 0.1) is 15.8 Å². The smallest absolute Gasteiger partial charge is 0.261 e. The van der Waals surface area contributed by atoms with Gasteiger partial charge in [0, 0.05) is 18.0 Å². The van der Waals surface area contributed by atoms with E-state index in [4.69, 9.17) is 4.98 Å². The van der Waals surface area contributed by atoms with Gasteiger partial charge in [-0.05, 0) is 63.5 Å². The number of halogens is 1. The minimum absolute atomic E-state index is 0. The van der Waals surface area contributed by atoms with Crippen molar-refractivity contribution in [1.82, 2.24) is 9.88 Å². The summed E-state index contributed by atoms with van der Waals surface area (Å²) in [5.41, 5.74) is 4.10. The Morgan fingerprint density at radius 1 is 1.14 bits per heavy atom. The number of hydrogen-bond acceptors (Lipinski definition) is 5. The number of carbonyl (C=O) groups is 1. The van der Waals surface area contributed by atoms with Crippen molar-refractivity contribution in [1.29, 1.82) is 0 Å². The Morgan fingerprint density at radius 3 is 2.54 bits per heavy atom. The SMILES string of the molecule is CSc1ccccc1C(=O)N(CCN(C)C)c1nc2cc(C)cc(C)c2s1.Cl. The van der Waals surface area contributed by atoms with Gasteiger partial charge in [-0.25, -0.2) is 4.98 Å². The quantitative estimate of drug-likeness (QED) is 0.494. The van der Waals surface area contributed by atoms with Crippen molar-refractivity contribution in [2.45, 2.75) is 18.7 Å². The van der Waals surface area contributed by atoms with E-state index in [1.807, 2.05) is 49.5 Å². The van der Waals surface area contributed by atoms with Gasteiger partial charge in [-0.15, -0.1) is 24.2 Å². The first-order valence-corrected chi connectivity index (χ1v) is 10.9. The van der Waals surface area contributed by atoms with Crippen molar-refractivity contribution in [3.05, 3.63) is 53.1 Å². The number of nitrogens with zero attached hydrogens (tertiary/aromatic N) is 3. The summed E-state index contributed by atoms with van der Waals surface area (Å²) in [6, 6.07) is 12.0. The predicted octanol–water partition coefficient (Wildman–Crippen LogP) is 5.27. The minimum Gasteiger partial charge on any atom is -0.308 e. The third kappa shape index (κ3) is 4.87. The normalized spacial score (nSPS) is 10.9. The van der Waals surface area contributed by atoms with Gasteiger partial charge in [-0.3, -0.25) is 9.69 Å². The molecule has 4 nitrogen and oxygen atoms in total. The topological polar surface area (TPSA) is 36.4 Å². The number of carbonyl (C=O) groups excluding carboxylic acids is 1. The third-order valence-corrected chi connectivity index (χ3v) is 6.42. The molecule has 0 aliphatic carbocycles. The Kier molecular flexibility index (Phi) is 7.89. The summed E-state index contributed by atoms with van der Waals surface area (Å²) in [6.07, 6.45) is 2.00. The minimum atomic E-state index is 0. The molecule has 28 heavy (non-hydrogen) atoms. The summed E-state index contributed by atoms with van der Waals surface area (Å²) in [5.74, 6) is 0.00947. The predicted molar refractivity (Wildman–Crippen MR) is 125 cm³/mol. The molecule has 3 aromatic rings. The standard InChI is InChI=1S/C21H25N3OS2.ClH/c1-14-12-15(2)19-17(13-14)22-21(27-19)24(11-10-23(3)4)20(25)16-8-6-7-9-18(16)26-5;/h6-9,12-13H,10-11H2,1-5H3;1H. The Labute approximate surface area is 181 Å². The van der Waals surface area contributed by atoms with E-state index < -0.39 is 0 Å². The first kappa shape index (κ1) is 22.7. The number of anilines is 1. The van der Waals surface area contributed by atoms with Gasteiger partial charge >= 0.3 is 0 Å². The van der Waals surface area contributed by atoms with E-state index in [1.165, 1.54) is 11.1 Å². The van der Waals surface area contributed by atoms with Gasteiger partial charge < -0.3 is 4.90 Å². The molecule has 1 amide bonds. The van der Waals surface area contributed by atoms with Crippen LogP contribution in [0.5, 0.6) is 0 Å². The molecule has 7 heteroatoms. The molecule has 0 radical (unpaired) electrons. The maximum atomic E-state index is 13.4. The molecule has 0 unspecified atom stereocenters. The second-order valence-electron chi connectivity index (χ2n) is 6.89. The zero-order chi connectivity index (χ0) is 19.6. The van der Waals surface area contributed by atoms with Crippen molar-refractivity contribution in [3.63, 3.8) is 0 Å². The van der Waals surface area contributed by atoms with E-state index in [-0.39, 0.29) is 18.3 Å². The highest BCUT2D eigenvalue weighted by Crippen LogP contribution is 2.33. The van der Waals surface area contributed by atoms with Crippen LogP contribution >= 0.6 is 35.5 Å². The number of fused-ring (bicyclic) bond motifs is 1. The molecule has 2 aromatic carbocycles. The monoisotopic (exact) mass is 435 g/mol. The highest BCUT2D eigenvalue weighted by molar-refractivity contribution is 7.98. The summed E-state index contributed by atoms with van der Waals surface area (Å²) in [7, 11) is 4.04. The summed E-state index contributed by atoms with van der Waals surface area (Å²) >= 11 is 3.19. The fourth-order valence-corrected chi connectivity index (χ4v) is 4.66. The third-order valence-electron chi connectivity index (χ3n) is 4.39. The molecule has 0 aliphatic heterocycles. The molecule has 0 N–H and O–H groups in total. The van der Waals surface area contributed by atoms with Gasteiger partial charge in [-0.2, -0.15) is 0 Å². The number of hydrogen-bond donors (Lipinski definition) is 0. The van der Waals surface area contributed by atoms with E-state index in [0.717, 1.165) is 32.4 Å². The molecule has 1 aromatic heterocycles. The molecule has 0 bridgehead atoms. The van der Waals surface area contributed by atoms with Crippen LogP contribution in [-0.2, 0) is 0 Å². The molecular weight excluding hydrogens is 410 g/mol. The zero-order valence-electron chi connectivity index (χ0n) is 16.9. The highest BCUT2D eigenvalue weighted by Gasteiger charge is 2.23. The molecule has 0 saturated carbocycles. The summed E-state index contributed by atoms with van der Waals surface area (Å²) in [4.78, 5) is 23.1. The van der Waals surface area contributed by atoms with E-state index in [2.05, 4.69) is 30.9 Å². The lowest BCUT2D eigenvalue weighted by Gasteiger charge is -2.22. The number of amides is 1. The van der Waals surface area contributed by atoms with E-state index in [1.54, 1.807) is 23.1 Å². The summed E-state index contributed by atoms with van der Waals surface area (Å²) < 4.78 is 1.15. The molecule has 0 atom stereocenters. The first-order valence-electron chi connectivity index (χ1n) is 8.88. The largest absolute Gasteiger partial charge is 0.308 e. The van der Waals surface area contributed by atoms with Crippen LogP contribution < -0.4 is 4.90 Å². The van der Waals surface area contributed by atoms with E-state index in [9.17, 15) is 4.79 Å². The van der Waals surface area contributed by atoms with Gasteiger partial charge in [0.1, 0.15) is 0 Å². The molecule has 0 saturated heterocycles. The highest BCUT2D eigenvalue weighted by atomic mass is 35.5. The fraction of sp³-hybridized carbons (Fsp3) is 0.333. The first-order chi connectivity index (χ1) is 12.9. The number of aryl methyl sites for hydroxylation is 2. The number of benzene rings is 2. The average molecular weight is 436 g/mol. The Hall–Kier alpha value is -1.60. The lowest BCUT2D eigenvalue weighted by atomic mass is 10.1. The lowest BCUT2D eigenvalue weighted by molar-refractivity contribution is 0.0982. The van der Waals surface area contributed by atoms with Crippen molar-refractivity contribution < 1.29 is 4.79 Å². The van der Waals surface area contributed by atoms with E-state index in [0.29, 0.717) is 6.54 Å². The van der Waals surface area contributed by atoms with Crippen LogP contribution in [0.15, 0.2) is 41.3 Å². The number of thioether (sulfide) groups is 1. The van der Waals surface area contributed by atoms with Crippen LogP contribution in [0.3, 0.4) is 0 Å². The number of thiazole rings is 1. The lowest BCUT2D eigenvalue weighted by Crippen LogP contribution is -2.37. The maximum absolute atomic E-state index is 13.4. The van der Waals surface area contributed by atoms with E-state index >= 15 is 0 Å². The Morgan fingerprint density at radius 2 is 1.86 bits per heavy atom. The molecule has 0 fully saturated rings. The van der Waals surface area contributed by atoms with Crippen LogP contribution in [0.25, 0.3) is 10.2 Å². The van der Waals surface area contributed by atoms with Crippen LogP contribution in [0.4, 0.5) is 5.13 Å². The fourth-order valence-electron chi connectivity index (χ4n) is 3.03. The summed E-state index contributed by atoms with van der Waals surface area (Å²) in [5, 5.41) is 0.765. The Bertz CT molecular complexity index is 971. The molecular formula is C21H26ClN3OS2. The van der Waals surface area contributed by atoms with Gasteiger partial charge in [0.25, 0.3) is 5.91 Å². The van der Waals surface area contributed by atoms with Crippen molar-refractivity contribution in [3.8, 4) is 0 Å². The zero-order valence-corrected chi connectivity index (χ0v) is 19.3.